The summed E-state index contributed by atoms with van der Waals surface area (Å²) in [7, 11) is 0. The molecule has 0 radical (unpaired) electrons. The number of Topliss-reactive ketones (excluding diaryl/α,β-unsaturated/α-hetero) is 10. The Bertz CT molecular complexity index is 4580. The van der Waals surface area contributed by atoms with Gasteiger partial charge in [-0.05, 0) is 337 Å². The molecule has 10 aliphatic rings. The number of hydrogen-bond donors (Lipinski definition) is 0. The average molecular weight is 1960 g/mol. The molecule has 10 aliphatic carbocycles. The highest BCUT2D eigenvalue weighted by Gasteiger charge is 2.40. The van der Waals surface area contributed by atoms with Gasteiger partial charge in [-0.3, -0.25) is 47.9 Å². The van der Waals surface area contributed by atoms with Gasteiger partial charge in [-0.15, -0.1) is 0 Å². The van der Waals surface area contributed by atoms with Crippen LogP contribution in [-0.2, 0) is 80.0 Å². The van der Waals surface area contributed by atoms with Gasteiger partial charge in [0.05, 0.1) is 29.6 Å². The smallest absolute Gasteiger partial charge is 0.147 e. The molecule has 10 unspecified atom stereocenters. The standard InChI is InChI=1S/C30H46O2.C28H42O2.C26H38O2.C25H36O2.C24H34O2/c1-3-5-6-7-8-10-24-15-20-28(29(31)21-24)30(32)22-25-13-18-27(19-14-25)26-16-11-23(9-4-2)12-17-26;1-3-5-6-8-22-13-18-26(27(29)19-22)28(30)20-23-11-16-25(17-12-23)24-14-9-21(7-4-2)10-15-24;1-3-5-19-7-12-22(13-8-19)23-14-9-21(10-15-23)18-26(28)24-16-11-20(6-4-2)17-25(24)27;1-3-5-19-6-11-21(12-7-19)22-13-8-20(9-14-22)17-25(27)23-15-10-18(4-2)16-24(23)26;1-3-4-18-6-10-20(11-7-18)21-12-8-19(9-13-21)16-24(26)22-14-5-17(2)15-23(22)25/h13-14,18-19,23-24,26,28H,3-12,15-17,20-22H2,1-2H3;11-12,16-17,21-22,24,26H,3-10,13-15,18-20H2,1-2H3;9-10,14-15,19-20,22,24H,3-8,11-13,16-18H2,1-2H3;8-9,13-14,18-19,21,23H,3-7,10-12,15-17H2,1-2H3;8-9,12-13,17-18,20,22H,3-7,10-11,14-16H2,1-2H3/t23-,24?,26-,28?;21-,22?,24-,26?;19-,20?,22-,24?;18?,19-,21-,23?;17?,18-,20-,22?. The molecule has 0 spiro atoms. The maximum Gasteiger partial charge on any atom is 0.147 e. The SMILES string of the molecule is CCCC1CCC(C(=O)Cc2ccc([C@H]3CC[C@H](CCC)CC3)cc2)C(=O)C1.CCCCCC1CCC(C(=O)Cc2ccc([C@H]3CC[C@H](CCC)CC3)cc2)C(=O)C1.CCCCCCCC1CCC(C(=O)Cc2ccc([C@H]3CC[C@H](CCC)CC3)cc2)C(=O)C1.CCC[C@H]1CC[C@H](c2ccc(CC(=O)C3CCC(C)CC3=O)cc2)CC1.CCC[C@H]1CC[C@H](c2ccc(CC(=O)C3CCC(CC)CC3=O)cc2)CC1. The number of unbranched alkanes of at least 4 members (excludes halogenated alkanes) is 6. The second kappa shape index (κ2) is 62.9. The van der Waals surface area contributed by atoms with Crippen molar-refractivity contribution in [1.29, 1.82) is 0 Å². The zero-order valence-electron chi connectivity index (χ0n) is 91.7. The van der Waals surface area contributed by atoms with E-state index in [-0.39, 0.29) is 87.4 Å². The van der Waals surface area contributed by atoms with Gasteiger partial charge in [0.2, 0.25) is 0 Å². The maximum absolute atomic E-state index is 12.9. The van der Waals surface area contributed by atoms with Crippen molar-refractivity contribution in [3.05, 3.63) is 177 Å². The van der Waals surface area contributed by atoms with Gasteiger partial charge in [0.15, 0.2) is 0 Å². The van der Waals surface area contributed by atoms with E-state index < -0.39 is 0 Å². The van der Waals surface area contributed by atoms with Crippen LogP contribution < -0.4 is 0 Å². The van der Waals surface area contributed by atoms with Gasteiger partial charge >= 0.3 is 0 Å². The Morgan fingerprint density at radius 3 is 0.608 bits per heavy atom. The number of ketones is 10. The third-order valence-corrected chi connectivity index (χ3v) is 36.9. The van der Waals surface area contributed by atoms with Crippen molar-refractivity contribution in [1.82, 2.24) is 0 Å². The predicted molar refractivity (Wildman–Crippen MR) is 591 cm³/mol. The molecular formula is C133H196O10. The van der Waals surface area contributed by atoms with Crippen LogP contribution in [0.25, 0.3) is 0 Å². The Labute approximate surface area is 869 Å². The van der Waals surface area contributed by atoms with Crippen molar-refractivity contribution in [2.45, 2.75) is 503 Å². The molecule has 143 heavy (non-hydrogen) atoms. The Kier molecular flexibility index (Phi) is 51.1. The fraction of sp³-hybridized carbons (Fsp3) is 0.699. The highest BCUT2D eigenvalue weighted by atomic mass is 16.2. The van der Waals surface area contributed by atoms with E-state index in [1.807, 2.05) is 0 Å². The molecule has 15 rings (SSSR count). The van der Waals surface area contributed by atoms with E-state index in [9.17, 15) is 47.9 Å². The van der Waals surface area contributed by atoms with E-state index in [1.54, 1.807) is 0 Å². The lowest BCUT2D eigenvalue weighted by molar-refractivity contribution is -0.136. The van der Waals surface area contributed by atoms with Gasteiger partial charge in [0.25, 0.3) is 0 Å². The van der Waals surface area contributed by atoms with Gasteiger partial charge < -0.3 is 0 Å². The van der Waals surface area contributed by atoms with E-state index in [1.165, 1.54) is 272 Å². The van der Waals surface area contributed by atoms with Crippen molar-refractivity contribution in [3.8, 4) is 0 Å². The van der Waals surface area contributed by atoms with Gasteiger partial charge in [0.1, 0.15) is 57.8 Å². The lowest BCUT2D eigenvalue weighted by Gasteiger charge is -2.28. The minimum atomic E-state index is -0.347. The average Bonchev–Trinajstić information content (AvgIpc) is 0.836. The minimum Gasteiger partial charge on any atom is -0.299 e. The van der Waals surface area contributed by atoms with Gasteiger partial charge in [-0.2, -0.15) is 0 Å². The number of rotatable bonds is 43. The maximum atomic E-state index is 12.9. The summed E-state index contributed by atoms with van der Waals surface area (Å²) in [6.45, 7) is 22.3. The third-order valence-electron chi connectivity index (χ3n) is 36.9. The molecule has 10 nitrogen and oxygen atoms in total. The summed E-state index contributed by atoms with van der Waals surface area (Å²) in [5.41, 5.74) is 12.5. The lowest BCUT2D eigenvalue weighted by Crippen LogP contribution is -2.32. The van der Waals surface area contributed by atoms with Gasteiger partial charge in [-0.1, -0.05) is 338 Å². The van der Waals surface area contributed by atoms with Crippen LogP contribution in [0.15, 0.2) is 121 Å². The van der Waals surface area contributed by atoms with Crippen LogP contribution in [0.4, 0.5) is 0 Å². The molecule has 10 saturated carbocycles. The molecule has 0 N–H and O–H groups in total. The molecule has 0 bridgehead atoms. The minimum absolute atomic E-state index is 0.120. The fourth-order valence-corrected chi connectivity index (χ4v) is 27.6. The van der Waals surface area contributed by atoms with Crippen LogP contribution in [0.2, 0.25) is 0 Å². The number of carbonyl (C=O) groups excluding carboxylic acids is 10. The second-order valence-corrected chi connectivity index (χ2v) is 47.9. The molecule has 0 aliphatic heterocycles. The zero-order chi connectivity index (χ0) is 102. The quantitative estimate of drug-likeness (QED) is 0.0270. The summed E-state index contributed by atoms with van der Waals surface area (Å²) in [6.07, 6.45) is 70.0. The van der Waals surface area contributed by atoms with Crippen LogP contribution in [0.3, 0.4) is 0 Å². The van der Waals surface area contributed by atoms with Crippen LogP contribution in [0, 0.1) is 88.8 Å². The first-order chi connectivity index (χ1) is 69.5. The van der Waals surface area contributed by atoms with Crippen molar-refractivity contribution >= 4 is 57.8 Å². The summed E-state index contributed by atoms with van der Waals surface area (Å²) >= 11 is 0. The molecule has 0 aromatic heterocycles. The molecule has 0 heterocycles. The molecule has 10 atom stereocenters. The van der Waals surface area contributed by atoms with E-state index in [0.717, 1.165) is 154 Å². The fourth-order valence-electron chi connectivity index (χ4n) is 27.6. The number of hydrogen-bond acceptors (Lipinski definition) is 10. The number of carbonyl (C=O) groups is 10. The Hall–Kier alpha value is -7.20. The summed E-state index contributed by atoms with van der Waals surface area (Å²) < 4.78 is 0. The zero-order valence-corrected chi connectivity index (χ0v) is 91.7. The summed E-state index contributed by atoms with van der Waals surface area (Å²) in [6, 6.07) is 43.5. The second-order valence-electron chi connectivity index (χ2n) is 47.9. The third kappa shape index (κ3) is 38.1. The largest absolute Gasteiger partial charge is 0.299 e. The molecule has 5 aromatic rings. The monoisotopic (exact) mass is 1950 g/mol. The first-order valence-corrected chi connectivity index (χ1v) is 60.2. The van der Waals surface area contributed by atoms with Crippen LogP contribution >= 0.6 is 0 Å². The predicted octanol–water partition coefficient (Wildman–Crippen LogP) is 34.5. The molecular weight excluding hydrogens is 1760 g/mol. The molecule has 10 fully saturated rings. The number of benzene rings is 5. The Balaban J connectivity index is 0.000000171. The van der Waals surface area contributed by atoms with Crippen molar-refractivity contribution < 1.29 is 47.9 Å². The van der Waals surface area contributed by atoms with Crippen molar-refractivity contribution in [2.75, 3.05) is 0 Å². The van der Waals surface area contributed by atoms with Crippen molar-refractivity contribution in [2.24, 2.45) is 88.8 Å². The Morgan fingerprint density at radius 1 is 0.196 bits per heavy atom. The van der Waals surface area contributed by atoms with Crippen LogP contribution in [0.5, 0.6) is 0 Å². The van der Waals surface area contributed by atoms with E-state index >= 15 is 0 Å². The lowest BCUT2D eigenvalue weighted by atomic mass is 9.76. The molecule has 0 saturated heterocycles. The topological polar surface area (TPSA) is 171 Å². The molecule has 0 amide bonds. The first kappa shape index (κ1) is 116. The Morgan fingerprint density at radius 2 is 0.385 bits per heavy atom. The van der Waals surface area contributed by atoms with E-state index in [0.29, 0.717) is 123 Å². The highest BCUT2D eigenvalue weighted by Crippen LogP contribution is 2.46. The van der Waals surface area contributed by atoms with Gasteiger partial charge in [-0.25, -0.2) is 0 Å². The van der Waals surface area contributed by atoms with Crippen LogP contribution in [-0.4, -0.2) is 57.8 Å². The highest BCUT2D eigenvalue weighted by molar-refractivity contribution is 6.06. The van der Waals surface area contributed by atoms with Crippen LogP contribution in [0.1, 0.15) is 527 Å². The summed E-state index contributed by atoms with van der Waals surface area (Å²) in [5, 5.41) is 0. The molecule has 10 heteroatoms. The summed E-state index contributed by atoms with van der Waals surface area (Å²) in [5.74, 6) is 10.4. The molecule has 5 aromatic carbocycles. The first-order valence-electron chi connectivity index (χ1n) is 60.2. The normalized spacial score (nSPS) is 27.9. The van der Waals surface area contributed by atoms with Crippen molar-refractivity contribution in [3.63, 3.8) is 0 Å². The van der Waals surface area contributed by atoms with Gasteiger partial charge in [0, 0.05) is 64.2 Å². The molecule has 788 valence electrons. The summed E-state index contributed by atoms with van der Waals surface area (Å²) in [4.78, 5) is 126. The van der Waals surface area contributed by atoms with E-state index in [4.69, 9.17) is 0 Å². The van der Waals surface area contributed by atoms with E-state index in [2.05, 4.69) is 191 Å².